The molecule has 0 aliphatic heterocycles. The molecule has 64 valence electrons. The fourth-order valence-electron chi connectivity index (χ4n) is 0.396. The van der Waals surface area contributed by atoms with Gasteiger partial charge >= 0.3 is 12.0 Å². The summed E-state index contributed by atoms with van der Waals surface area (Å²) in [6, 6.07) is -0.973. The van der Waals surface area contributed by atoms with Crippen LogP contribution in [0.3, 0.4) is 0 Å². The quantitative estimate of drug-likeness (QED) is 0.437. The van der Waals surface area contributed by atoms with Crippen molar-refractivity contribution in [3.63, 3.8) is 0 Å². The highest BCUT2D eigenvalue weighted by Crippen LogP contribution is 2.05. The van der Waals surface area contributed by atoms with Gasteiger partial charge in [-0.2, -0.15) is 12.6 Å². The van der Waals surface area contributed by atoms with Crippen LogP contribution >= 0.6 is 12.6 Å². The lowest BCUT2D eigenvalue weighted by atomic mass is 10.1. The Morgan fingerprint density at radius 3 is 2.55 bits per heavy atom. The summed E-state index contributed by atoms with van der Waals surface area (Å²) < 4.78 is 6.93. The van der Waals surface area contributed by atoms with Gasteiger partial charge in [-0.15, -0.1) is 0 Å². The second-order valence-corrected chi connectivity index (χ2v) is 2.35. The van der Waals surface area contributed by atoms with Gasteiger partial charge in [0, 0.05) is 7.12 Å². The fraction of sp³-hybridized carbons (Fsp3) is 0.600. The number of aliphatic carboxylic acids is 1. The van der Waals surface area contributed by atoms with E-state index < -0.39 is 24.4 Å². The van der Waals surface area contributed by atoms with E-state index in [9.17, 15) is 9.59 Å². The Balaban J connectivity index is 4.58. The molecule has 0 aromatic rings. The maximum atomic E-state index is 10.6. The van der Waals surface area contributed by atoms with Crippen LogP contribution in [0.4, 0.5) is 4.79 Å². The third-order valence-corrected chi connectivity index (χ3v) is 1.58. The average Bonchev–Trinajstić information content (AvgIpc) is 1.99. The van der Waals surface area contributed by atoms with Gasteiger partial charge in [0.1, 0.15) is 5.54 Å². The number of carboxylic acid groups (broad SMARTS) is 1. The van der Waals surface area contributed by atoms with E-state index in [1.165, 1.54) is 0 Å². The highest BCUT2D eigenvalue weighted by molar-refractivity contribution is 7.80. The molecule has 0 bridgehead atoms. The largest absolute Gasteiger partial charge is 0.479 e. The molecule has 0 radical (unpaired) electrons. The Kier molecular flexibility index (Phi) is 2.58. The Bertz CT molecular complexity index is 195. The zero-order valence-electron chi connectivity index (χ0n) is 6.70. The summed E-state index contributed by atoms with van der Waals surface area (Å²) in [5.74, 6) is -1.49. The summed E-state index contributed by atoms with van der Waals surface area (Å²) in [4.78, 5) is 20.9. The van der Waals surface area contributed by atoms with Crippen LogP contribution < -0.4 is 11.1 Å². The van der Waals surface area contributed by atoms with Crippen LogP contribution in [-0.4, -0.2) is 28.4 Å². The lowest BCUT2D eigenvalue weighted by molar-refractivity contribution is -0.142. The summed E-state index contributed by atoms with van der Waals surface area (Å²) in [5, 5.41) is 10.6. The van der Waals surface area contributed by atoms with Gasteiger partial charge in [-0.3, -0.25) is 0 Å². The highest BCUT2D eigenvalue weighted by Gasteiger charge is 2.32. The number of amides is 2. The standard InChI is InChI=1S/C5H10N2O3S/c1-5(2-11,3(8)9)7-4(6)10/h11H,2H2,1H3,(H,8,9)(H3,6,7,10)/t5-/m0/s1/i1D. The smallest absolute Gasteiger partial charge is 0.330 e. The first-order valence-electron chi connectivity index (χ1n) is 3.40. The number of carbonyl (C=O) groups excluding carboxylic acids is 1. The summed E-state index contributed by atoms with van der Waals surface area (Å²) in [6.45, 7) is -0.505. The van der Waals surface area contributed by atoms with Crippen molar-refractivity contribution in [1.82, 2.24) is 5.32 Å². The first-order valence-corrected chi connectivity index (χ1v) is 3.33. The molecule has 4 N–H and O–H groups in total. The van der Waals surface area contributed by atoms with E-state index in [0.717, 1.165) is 0 Å². The van der Waals surface area contributed by atoms with Crippen LogP contribution in [0.5, 0.6) is 0 Å². The van der Waals surface area contributed by atoms with E-state index in [0.29, 0.717) is 0 Å². The van der Waals surface area contributed by atoms with Gasteiger partial charge in [0.25, 0.3) is 0 Å². The molecule has 0 unspecified atom stereocenters. The Labute approximate surface area is 70.8 Å². The van der Waals surface area contributed by atoms with Crippen molar-refractivity contribution in [2.45, 2.75) is 12.4 Å². The molecule has 5 nitrogen and oxygen atoms in total. The van der Waals surface area contributed by atoms with Crippen molar-refractivity contribution in [1.29, 1.82) is 0 Å². The lowest BCUT2D eigenvalue weighted by Gasteiger charge is -2.22. The molecule has 0 spiro atoms. The molecular formula is C5H10N2O3S. The number of nitrogens with two attached hydrogens (primary N) is 1. The van der Waals surface area contributed by atoms with Gasteiger partial charge in [0.2, 0.25) is 0 Å². The van der Waals surface area contributed by atoms with E-state index in [1.807, 2.05) is 5.32 Å². The Morgan fingerprint density at radius 2 is 2.45 bits per heavy atom. The number of hydrogen-bond donors (Lipinski definition) is 4. The number of thiol groups is 1. The van der Waals surface area contributed by atoms with E-state index in [2.05, 4.69) is 12.6 Å². The number of primary amides is 1. The monoisotopic (exact) mass is 179 g/mol. The van der Waals surface area contributed by atoms with Gasteiger partial charge in [0.05, 0.1) is 0 Å². The minimum absolute atomic E-state index is 0.172. The Hall–Kier alpha value is -0.910. The van der Waals surface area contributed by atoms with Crippen LogP contribution in [0, 0.1) is 0 Å². The third-order valence-electron chi connectivity index (χ3n) is 1.04. The molecule has 11 heavy (non-hydrogen) atoms. The van der Waals surface area contributed by atoms with E-state index in [1.54, 1.807) is 0 Å². The van der Waals surface area contributed by atoms with E-state index >= 15 is 0 Å². The fourth-order valence-corrected chi connectivity index (χ4v) is 0.611. The van der Waals surface area contributed by atoms with Gasteiger partial charge in [0.15, 0.2) is 0 Å². The number of urea groups is 1. The van der Waals surface area contributed by atoms with E-state index in [-0.39, 0.29) is 5.75 Å². The van der Waals surface area contributed by atoms with Gasteiger partial charge in [-0.05, 0) is 6.90 Å². The molecule has 0 aromatic heterocycles. The van der Waals surface area contributed by atoms with Gasteiger partial charge < -0.3 is 16.2 Å². The number of nitrogens with one attached hydrogen (secondary N) is 1. The molecule has 0 aromatic carbocycles. The summed E-state index contributed by atoms with van der Waals surface area (Å²) in [5.41, 5.74) is 3.07. The summed E-state index contributed by atoms with van der Waals surface area (Å²) in [6.07, 6.45) is 0. The molecule has 0 aliphatic carbocycles. The van der Waals surface area contributed by atoms with E-state index in [4.69, 9.17) is 12.2 Å². The van der Waals surface area contributed by atoms with Crippen LogP contribution in [0.1, 0.15) is 8.27 Å². The Morgan fingerprint density at radius 1 is 1.91 bits per heavy atom. The van der Waals surface area contributed by atoms with Crippen molar-refractivity contribution in [3.8, 4) is 0 Å². The van der Waals surface area contributed by atoms with Gasteiger partial charge in [-0.25, -0.2) is 9.59 Å². The first-order chi connectivity index (χ1) is 5.48. The van der Waals surface area contributed by atoms with Crippen LogP contribution in [-0.2, 0) is 4.79 Å². The minimum Gasteiger partial charge on any atom is -0.479 e. The van der Waals surface area contributed by atoms with Crippen LogP contribution in [0.15, 0.2) is 0 Å². The molecule has 0 saturated heterocycles. The second kappa shape index (κ2) is 3.47. The predicted octanol–water partition coefficient (Wildman–Crippen LogP) is -0.572. The average molecular weight is 179 g/mol. The van der Waals surface area contributed by atoms with Crippen molar-refractivity contribution >= 4 is 24.6 Å². The van der Waals surface area contributed by atoms with Crippen molar-refractivity contribution in [2.24, 2.45) is 5.73 Å². The number of rotatable bonds is 3. The van der Waals surface area contributed by atoms with Crippen LogP contribution in [0.25, 0.3) is 0 Å². The normalized spacial score (nSPS) is 16.3. The molecule has 6 heteroatoms. The molecule has 0 rings (SSSR count). The topological polar surface area (TPSA) is 92.4 Å². The van der Waals surface area contributed by atoms with Crippen LogP contribution in [0.2, 0.25) is 0 Å². The number of hydrogen-bond acceptors (Lipinski definition) is 3. The molecule has 2 amide bonds. The molecule has 1 atom stereocenters. The highest BCUT2D eigenvalue weighted by atomic mass is 32.1. The number of carboxylic acids is 1. The van der Waals surface area contributed by atoms with Crippen molar-refractivity contribution < 1.29 is 16.1 Å². The molecule has 0 fully saturated rings. The molecule has 0 saturated carbocycles. The van der Waals surface area contributed by atoms with Crippen molar-refractivity contribution in [3.05, 3.63) is 0 Å². The molecular weight excluding hydrogens is 168 g/mol. The first kappa shape index (κ1) is 8.19. The van der Waals surface area contributed by atoms with Crippen molar-refractivity contribution in [2.75, 3.05) is 5.75 Å². The zero-order chi connectivity index (χ0) is 9.78. The SMILES string of the molecule is [2H]C[C@@](CS)(NC(N)=O)C(=O)O. The second-order valence-electron chi connectivity index (χ2n) is 2.03. The lowest BCUT2D eigenvalue weighted by Crippen LogP contribution is -2.55. The minimum atomic E-state index is -1.67. The van der Waals surface area contributed by atoms with Gasteiger partial charge in [-0.1, -0.05) is 0 Å². The predicted molar refractivity (Wildman–Crippen MR) is 42.6 cm³/mol. The maximum absolute atomic E-state index is 10.6. The summed E-state index contributed by atoms with van der Waals surface area (Å²) >= 11 is 3.72. The zero-order valence-corrected chi connectivity index (χ0v) is 6.60. The number of carbonyl (C=O) groups is 2. The molecule has 0 heterocycles. The molecule has 0 aliphatic rings. The summed E-state index contributed by atoms with van der Waals surface area (Å²) in [7, 11) is 0. The maximum Gasteiger partial charge on any atom is 0.330 e. The third kappa shape index (κ3) is 2.67.